The number of nitrogens with zero attached hydrogens (tertiary/aromatic N) is 1. The summed E-state index contributed by atoms with van der Waals surface area (Å²) in [6.07, 6.45) is 0.801. The number of carbonyl (C=O) groups excluding carboxylic acids is 1. The van der Waals surface area contributed by atoms with Crippen LogP contribution >= 0.6 is 31.9 Å². The predicted octanol–water partition coefficient (Wildman–Crippen LogP) is 2.57. The van der Waals surface area contributed by atoms with Crippen LogP contribution in [-0.4, -0.2) is 37.6 Å². The first-order chi connectivity index (χ1) is 8.99. The quantitative estimate of drug-likeness (QED) is 0.807. The van der Waals surface area contributed by atoms with Gasteiger partial charge < -0.3 is 15.4 Å². The molecule has 1 amide bonds. The van der Waals surface area contributed by atoms with E-state index in [1.807, 2.05) is 19.1 Å². The van der Waals surface area contributed by atoms with Crippen molar-refractivity contribution in [2.24, 2.45) is 5.73 Å². The zero-order valence-electron chi connectivity index (χ0n) is 11.1. The maximum atomic E-state index is 11.7. The Balaban J connectivity index is 2.76. The number of halogens is 2. The molecule has 0 bridgehead atoms. The highest BCUT2D eigenvalue weighted by molar-refractivity contribution is 9.11. The van der Waals surface area contributed by atoms with Gasteiger partial charge in [0.05, 0.1) is 8.95 Å². The van der Waals surface area contributed by atoms with Gasteiger partial charge >= 0.3 is 0 Å². The Labute approximate surface area is 130 Å². The standard InChI is InChI=1S/C13H18Br2N2O2/c1-3-17(2)12(18)8-19-13-10(14)6-9(4-5-16)7-11(13)15/h6-7H,3-5,8,16H2,1-2H3. The molecule has 0 fully saturated rings. The summed E-state index contributed by atoms with van der Waals surface area (Å²) in [4.78, 5) is 13.3. The molecule has 0 aliphatic rings. The van der Waals surface area contributed by atoms with Crippen molar-refractivity contribution in [3.8, 4) is 5.75 Å². The lowest BCUT2D eigenvalue weighted by Gasteiger charge is -2.16. The van der Waals surface area contributed by atoms with E-state index in [0.717, 1.165) is 20.9 Å². The predicted molar refractivity (Wildman–Crippen MR) is 83.4 cm³/mol. The molecule has 4 nitrogen and oxygen atoms in total. The largest absolute Gasteiger partial charge is 0.481 e. The lowest BCUT2D eigenvalue weighted by atomic mass is 10.1. The first-order valence-corrected chi connectivity index (χ1v) is 7.63. The van der Waals surface area contributed by atoms with Crippen molar-refractivity contribution in [3.05, 3.63) is 26.6 Å². The molecule has 0 radical (unpaired) electrons. The van der Waals surface area contributed by atoms with Gasteiger partial charge in [-0.2, -0.15) is 0 Å². The van der Waals surface area contributed by atoms with Gasteiger partial charge in [0.25, 0.3) is 5.91 Å². The van der Waals surface area contributed by atoms with E-state index in [9.17, 15) is 4.79 Å². The highest BCUT2D eigenvalue weighted by atomic mass is 79.9. The van der Waals surface area contributed by atoms with Gasteiger partial charge in [-0.1, -0.05) is 0 Å². The second-order valence-electron chi connectivity index (χ2n) is 4.12. The molecule has 0 aromatic heterocycles. The third-order valence-electron chi connectivity index (χ3n) is 2.73. The zero-order chi connectivity index (χ0) is 14.4. The Hall–Kier alpha value is -0.590. The fraction of sp³-hybridized carbons (Fsp3) is 0.462. The Kier molecular flexibility index (Phi) is 6.82. The fourth-order valence-electron chi connectivity index (χ4n) is 1.48. The van der Waals surface area contributed by atoms with E-state index in [0.29, 0.717) is 18.8 Å². The number of nitrogens with two attached hydrogens (primary N) is 1. The molecule has 1 aromatic rings. The summed E-state index contributed by atoms with van der Waals surface area (Å²) in [7, 11) is 1.75. The number of benzene rings is 1. The number of ether oxygens (including phenoxy) is 1. The van der Waals surface area contributed by atoms with E-state index in [-0.39, 0.29) is 12.5 Å². The summed E-state index contributed by atoms with van der Waals surface area (Å²) < 4.78 is 7.20. The smallest absolute Gasteiger partial charge is 0.260 e. The van der Waals surface area contributed by atoms with Crippen molar-refractivity contribution >= 4 is 37.8 Å². The molecule has 106 valence electrons. The summed E-state index contributed by atoms with van der Waals surface area (Å²) >= 11 is 6.90. The maximum Gasteiger partial charge on any atom is 0.260 e. The molecular formula is C13H18Br2N2O2. The lowest BCUT2D eigenvalue weighted by molar-refractivity contribution is -0.131. The van der Waals surface area contributed by atoms with Gasteiger partial charge in [0.1, 0.15) is 5.75 Å². The third-order valence-corrected chi connectivity index (χ3v) is 3.91. The minimum atomic E-state index is -0.0488. The minimum Gasteiger partial charge on any atom is -0.481 e. The second kappa shape index (κ2) is 7.87. The van der Waals surface area contributed by atoms with Crippen LogP contribution in [0.5, 0.6) is 5.75 Å². The van der Waals surface area contributed by atoms with Crippen molar-refractivity contribution < 1.29 is 9.53 Å². The number of carbonyl (C=O) groups is 1. The minimum absolute atomic E-state index is 0.0256. The molecule has 2 N–H and O–H groups in total. The number of likely N-dealkylation sites (N-methyl/N-ethyl adjacent to an activating group) is 1. The Morgan fingerprint density at radius 2 is 1.95 bits per heavy atom. The monoisotopic (exact) mass is 392 g/mol. The fourth-order valence-corrected chi connectivity index (χ4v) is 2.99. The molecule has 0 heterocycles. The summed E-state index contributed by atoms with van der Waals surface area (Å²) in [5.41, 5.74) is 6.65. The average Bonchev–Trinajstić information content (AvgIpc) is 2.36. The topological polar surface area (TPSA) is 55.6 Å². The Morgan fingerprint density at radius 3 is 2.42 bits per heavy atom. The van der Waals surface area contributed by atoms with Crippen LogP contribution in [0.1, 0.15) is 12.5 Å². The summed E-state index contributed by atoms with van der Waals surface area (Å²) in [6, 6.07) is 3.92. The van der Waals surface area contributed by atoms with E-state index in [1.165, 1.54) is 0 Å². The molecule has 0 aliphatic heterocycles. The average molecular weight is 394 g/mol. The van der Waals surface area contributed by atoms with Crippen molar-refractivity contribution in [1.82, 2.24) is 4.90 Å². The highest BCUT2D eigenvalue weighted by Crippen LogP contribution is 2.34. The van der Waals surface area contributed by atoms with Crippen LogP contribution in [0.2, 0.25) is 0 Å². The summed E-state index contributed by atoms with van der Waals surface area (Å²) in [5.74, 6) is 0.589. The van der Waals surface area contributed by atoms with Gasteiger partial charge in [0.15, 0.2) is 6.61 Å². The number of amides is 1. The SMILES string of the molecule is CCN(C)C(=O)COc1c(Br)cc(CCN)cc1Br. The second-order valence-corrected chi connectivity index (χ2v) is 5.83. The molecule has 6 heteroatoms. The van der Waals surface area contributed by atoms with Crippen molar-refractivity contribution in [2.45, 2.75) is 13.3 Å². The van der Waals surface area contributed by atoms with Crippen LogP contribution in [0.25, 0.3) is 0 Å². The molecular weight excluding hydrogens is 376 g/mol. The first kappa shape index (κ1) is 16.5. The zero-order valence-corrected chi connectivity index (χ0v) is 14.3. The molecule has 0 atom stereocenters. The van der Waals surface area contributed by atoms with Gasteiger partial charge in [-0.15, -0.1) is 0 Å². The van der Waals surface area contributed by atoms with Crippen LogP contribution in [0.15, 0.2) is 21.1 Å². The Morgan fingerprint density at radius 1 is 1.37 bits per heavy atom. The normalized spacial score (nSPS) is 10.4. The van der Waals surface area contributed by atoms with Crippen molar-refractivity contribution in [2.75, 3.05) is 26.7 Å². The van der Waals surface area contributed by atoms with E-state index in [1.54, 1.807) is 11.9 Å². The maximum absolute atomic E-state index is 11.7. The van der Waals surface area contributed by atoms with Crippen LogP contribution in [0.4, 0.5) is 0 Å². The van der Waals surface area contributed by atoms with Gasteiger partial charge in [-0.05, 0) is 69.4 Å². The lowest BCUT2D eigenvalue weighted by Crippen LogP contribution is -2.31. The molecule has 0 saturated heterocycles. The number of hydrogen-bond acceptors (Lipinski definition) is 3. The van der Waals surface area contributed by atoms with Crippen LogP contribution < -0.4 is 10.5 Å². The number of hydrogen-bond donors (Lipinski definition) is 1. The van der Waals surface area contributed by atoms with E-state index < -0.39 is 0 Å². The van der Waals surface area contributed by atoms with Gasteiger partial charge in [-0.3, -0.25) is 4.79 Å². The van der Waals surface area contributed by atoms with Gasteiger partial charge in [-0.25, -0.2) is 0 Å². The molecule has 0 aliphatic carbocycles. The summed E-state index contributed by atoms with van der Waals surface area (Å²) in [5, 5.41) is 0. The van der Waals surface area contributed by atoms with E-state index >= 15 is 0 Å². The molecule has 0 unspecified atom stereocenters. The molecule has 19 heavy (non-hydrogen) atoms. The van der Waals surface area contributed by atoms with Gasteiger partial charge in [0, 0.05) is 13.6 Å². The molecule has 1 rings (SSSR count). The molecule has 0 saturated carbocycles. The van der Waals surface area contributed by atoms with Crippen LogP contribution in [0.3, 0.4) is 0 Å². The van der Waals surface area contributed by atoms with E-state index in [4.69, 9.17) is 10.5 Å². The van der Waals surface area contributed by atoms with Crippen LogP contribution in [-0.2, 0) is 11.2 Å². The highest BCUT2D eigenvalue weighted by Gasteiger charge is 2.12. The third kappa shape index (κ3) is 4.78. The molecule has 1 aromatic carbocycles. The Bertz CT molecular complexity index is 429. The summed E-state index contributed by atoms with van der Waals surface area (Å²) in [6.45, 7) is 3.21. The first-order valence-electron chi connectivity index (χ1n) is 6.04. The van der Waals surface area contributed by atoms with Crippen molar-refractivity contribution in [1.29, 1.82) is 0 Å². The van der Waals surface area contributed by atoms with Gasteiger partial charge in [0.2, 0.25) is 0 Å². The van der Waals surface area contributed by atoms with Crippen LogP contribution in [0, 0.1) is 0 Å². The van der Waals surface area contributed by atoms with E-state index in [2.05, 4.69) is 31.9 Å². The van der Waals surface area contributed by atoms with Crippen molar-refractivity contribution in [3.63, 3.8) is 0 Å². The number of rotatable bonds is 6. The molecule has 0 spiro atoms.